The third-order valence-electron chi connectivity index (χ3n) is 4.99. The topological polar surface area (TPSA) is 86.2 Å². The molecule has 4 aromatic rings. The van der Waals surface area contributed by atoms with Gasteiger partial charge >= 0.3 is 5.69 Å². The van der Waals surface area contributed by atoms with Crippen LogP contribution in [0.3, 0.4) is 0 Å². The fourth-order valence-corrected chi connectivity index (χ4v) is 3.34. The van der Waals surface area contributed by atoms with E-state index in [0.717, 1.165) is 15.7 Å². The summed E-state index contributed by atoms with van der Waals surface area (Å²) in [6.45, 7) is 0.511. The van der Waals surface area contributed by atoms with Crippen LogP contribution in [-0.2, 0) is 27.1 Å². The van der Waals surface area contributed by atoms with E-state index < -0.39 is 5.69 Å². The molecule has 0 atom stereocenters. The Morgan fingerprint density at radius 1 is 0.967 bits per heavy atom. The summed E-state index contributed by atoms with van der Waals surface area (Å²) >= 11 is 0. The first-order valence-corrected chi connectivity index (χ1v) is 9.60. The van der Waals surface area contributed by atoms with E-state index in [1.54, 1.807) is 17.8 Å². The first-order chi connectivity index (χ1) is 14.6. The molecule has 30 heavy (non-hydrogen) atoms. The predicted octanol–water partition coefficient (Wildman–Crippen LogP) is 2.12. The van der Waals surface area contributed by atoms with Crippen LogP contribution in [0.1, 0.15) is 11.1 Å². The summed E-state index contributed by atoms with van der Waals surface area (Å²) in [5.41, 5.74) is 4.91. The highest BCUT2D eigenvalue weighted by Gasteiger charge is 2.18. The largest absolute Gasteiger partial charge is 0.332 e. The van der Waals surface area contributed by atoms with Gasteiger partial charge in [0.15, 0.2) is 11.2 Å². The van der Waals surface area contributed by atoms with Gasteiger partial charge in [-0.2, -0.15) is 10.1 Å². The molecule has 0 unspecified atom stereocenters. The van der Waals surface area contributed by atoms with Gasteiger partial charge in [-0.05, 0) is 17.5 Å². The van der Waals surface area contributed by atoms with Gasteiger partial charge in [-0.15, -0.1) is 0 Å². The zero-order valence-electron chi connectivity index (χ0n) is 16.8. The number of hydrogen-bond donors (Lipinski definition) is 1. The summed E-state index contributed by atoms with van der Waals surface area (Å²) in [6.07, 6.45) is 2.38. The van der Waals surface area contributed by atoms with Gasteiger partial charge in [0.2, 0.25) is 5.95 Å². The minimum absolute atomic E-state index is 0.327. The molecule has 0 aliphatic heterocycles. The van der Waals surface area contributed by atoms with Crippen molar-refractivity contribution in [3.63, 3.8) is 0 Å². The van der Waals surface area contributed by atoms with E-state index in [1.165, 1.54) is 11.6 Å². The maximum absolute atomic E-state index is 12.9. The number of aromatic nitrogens is 4. The lowest BCUT2D eigenvalue weighted by Crippen LogP contribution is -2.37. The molecule has 152 valence electrons. The molecule has 0 radical (unpaired) electrons. The lowest BCUT2D eigenvalue weighted by molar-refractivity contribution is 0.687. The molecule has 0 fully saturated rings. The third-order valence-corrected chi connectivity index (χ3v) is 4.99. The van der Waals surface area contributed by atoms with Crippen LogP contribution in [0, 0.1) is 0 Å². The number of nitrogens with one attached hydrogen (secondary N) is 1. The number of nitrogens with zero attached hydrogens (tertiary/aromatic N) is 5. The fourth-order valence-electron chi connectivity index (χ4n) is 3.34. The Balaban J connectivity index is 1.76. The van der Waals surface area contributed by atoms with Gasteiger partial charge in [0.1, 0.15) is 0 Å². The van der Waals surface area contributed by atoms with Crippen molar-refractivity contribution in [1.82, 2.24) is 18.7 Å². The summed E-state index contributed by atoms with van der Waals surface area (Å²) < 4.78 is 4.26. The Morgan fingerprint density at radius 2 is 1.63 bits per heavy atom. The number of fused-ring (bicyclic) bond motifs is 1. The lowest BCUT2D eigenvalue weighted by atomic mass is 10.1. The molecule has 0 saturated carbocycles. The molecule has 4 rings (SSSR count). The second kappa shape index (κ2) is 8.20. The molecular weight excluding hydrogens is 380 g/mol. The van der Waals surface area contributed by atoms with E-state index >= 15 is 0 Å². The van der Waals surface area contributed by atoms with Crippen LogP contribution >= 0.6 is 0 Å². The molecule has 0 aliphatic carbocycles. The highest BCUT2D eigenvalue weighted by atomic mass is 16.2. The standard InChI is InChI=1S/C22H22N6O2/c1-26-19-18(20(29)27(2)22(26)30)28(14-13-16-9-5-3-6-10-16)21(24-19)25-23-15-17-11-7-4-8-12-17/h3-12,15H,13-14H2,1-2H3,(H,24,25)/b23-15-. The number of anilines is 1. The van der Waals surface area contributed by atoms with Gasteiger partial charge in [0, 0.05) is 20.6 Å². The van der Waals surface area contributed by atoms with E-state index in [1.807, 2.05) is 60.7 Å². The van der Waals surface area contributed by atoms with Crippen molar-refractivity contribution in [3.05, 3.63) is 92.6 Å². The SMILES string of the molecule is Cn1c(=O)c2c(nc(N/N=C\c3ccccc3)n2CCc2ccccc2)n(C)c1=O. The second-order valence-corrected chi connectivity index (χ2v) is 6.98. The van der Waals surface area contributed by atoms with Gasteiger partial charge in [-0.1, -0.05) is 60.7 Å². The highest BCUT2D eigenvalue weighted by molar-refractivity contribution is 5.80. The minimum Gasteiger partial charge on any atom is -0.303 e. The van der Waals surface area contributed by atoms with Gasteiger partial charge in [-0.3, -0.25) is 13.9 Å². The molecule has 0 bridgehead atoms. The first-order valence-electron chi connectivity index (χ1n) is 9.60. The van der Waals surface area contributed by atoms with Gasteiger partial charge in [-0.25, -0.2) is 10.2 Å². The number of benzene rings is 2. The normalized spacial score (nSPS) is 11.4. The van der Waals surface area contributed by atoms with Crippen LogP contribution in [0.5, 0.6) is 0 Å². The molecule has 2 heterocycles. The number of aryl methyl sites for hydroxylation is 3. The number of hydrazone groups is 1. The molecule has 1 N–H and O–H groups in total. The summed E-state index contributed by atoms with van der Waals surface area (Å²) in [5, 5.41) is 4.27. The molecule has 0 amide bonds. The van der Waals surface area contributed by atoms with Crippen molar-refractivity contribution >= 4 is 23.3 Å². The van der Waals surface area contributed by atoms with Crippen molar-refractivity contribution in [2.45, 2.75) is 13.0 Å². The second-order valence-electron chi connectivity index (χ2n) is 6.98. The highest BCUT2D eigenvalue weighted by Crippen LogP contribution is 2.17. The Morgan fingerprint density at radius 3 is 2.33 bits per heavy atom. The molecule has 0 spiro atoms. The summed E-state index contributed by atoms with van der Waals surface area (Å²) in [6, 6.07) is 19.6. The van der Waals surface area contributed by atoms with Gasteiger partial charge in [0.05, 0.1) is 6.21 Å². The average molecular weight is 402 g/mol. The molecular formula is C22H22N6O2. The van der Waals surface area contributed by atoms with Crippen molar-refractivity contribution in [1.29, 1.82) is 0 Å². The summed E-state index contributed by atoms with van der Waals surface area (Å²) in [5.74, 6) is 0.409. The van der Waals surface area contributed by atoms with Crippen molar-refractivity contribution < 1.29 is 0 Å². The molecule has 0 saturated heterocycles. The number of imidazole rings is 1. The maximum Gasteiger partial charge on any atom is 0.332 e. The summed E-state index contributed by atoms with van der Waals surface area (Å²) in [7, 11) is 3.08. The fraction of sp³-hybridized carbons (Fsp3) is 0.182. The Kier molecular flexibility index (Phi) is 5.30. The van der Waals surface area contributed by atoms with Crippen molar-refractivity contribution in [2.24, 2.45) is 19.2 Å². The van der Waals surface area contributed by atoms with E-state index in [0.29, 0.717) is 30.1 Å². The molecule has 2 aromatic heterocycles. The lowest BCUT2D eigenvalue weighted by Gasteiger charge is -2.09. The molecule has 8 nitrogen and oxygen atoms in total. The maximum atomic E-state index is 12.9. The van der Waals surface area contributed by atoms with E-state index in [4.69, 9.17) is 0 Å². The minimum atomic E-state index is -0.417. The molecule has 8 heteroatoms. The number of hydrogen-bond acceptors (Lipinski definition) is 5. The molecule has 2 aromatic carbocycles. The predicted molar refractivity (Wildman–Crippen MR) is 118 cm³/mol. The van der Waals surface area contributed by atoms with Crippen LogP contribution in [0.4, 0.5) is 5.95 Å². The Hall–Kier alpha value is -3.94. The zero-order chi connectivity index (χ0) is 21.1. The van der Waals surface area contributed by atoms with Crippen LogP contribution in [-0.4, -0.2) is 24.9 Å². The van der Waals surface area contributed by atoms with E-state index in [2.05, 4.69) is 15.5 Å². The third kappa shape index (κ3) is 3.67. The summed E-state index contributed by atoms with van der Waals surface area (Å²) in [4.78, 5) is 29.7. The van der Waals surface area contributed by atoms with Crippen LogP contribution in [0.15, 0.2) is 75.4 Å². The number of rotatable bonds is 6. The monoisotopic (exact) mass is 402 g/mol. The van der Waals surface area contributed by atoms with Crippen molar-refractivity contribution in [2.75, 3.05) is 5.43 Å². The van der Waals surface area contributed by atoms with Gasteiger partial charge in [0.25, 0.3) is 5.56 Å². The Labute approximate surface area is 172 Å². The van der Waals surface area contributed by atoms with Crippen LogP contribution < -0.4 is 16.7 Å². The van der Waals surface area contributed by atoms with Gasteiger partial charge < -0.3 is 4.57 Å². The zero-order valence-corrected chi connectivity index (χ0v) is 16.8. The van der Waals surface area contributed by atoms with E-state index in [9.17, 15) is 9.59 Å². The van der Waals surface area contributed by atoms with Crippen LogP contribution in [0.2, 0.25) is 0 Å². The molecule has 0 aliphatic rings. The average Bonchev–Trinajstić information content (AvgIpc) is 3.15. The van der Waals surface area contributed by atoms with Crippen LogP contribution in [0.25, 0.3) is 11.2 Å². The van der Waals surface area contributed by atoms with Crippen molar-refractivity contribution in [3.8, 4) is 0 Å². The Bertz CT molecular complexity index is 1320. The quantitative estimate of drug-likeness (QED) is 0.395. The van der Waals surface area contributed by atoms with E-state index in [-0.39, 0.29) is 5.56 Å². The first kappa shape index (κ1) is 19.4. The smallest absolute Gasteiger partial charge is 0.303 e.